The van der Waals surface area contributed by atoms with Crippen LogP contribution in [-0.2, 0) is 12.8 Å². The lowest BCUT2D eigenvalue weighted by molar-refractivity contribution is 0.210. The van der Waals surface area contributed by atoms with Crippen molar-refractivity contribution in [3.8, 4) is 5.75 Å². The Balaban J connectivity index is 1.69. The molecule has 0 spiro atoms. The number of para-hydroxylation sites is 1. The molecule has 1 atom stereocenters. The molecule has 0 saturated heterocycles. The Kier molecular flexibility index (Phi) is 3.22. The van der Waals surface area contributed by atoms with E-state index in [0.29, 0.717) is 0 Å². The van der Waals surface area contributed by atoms with Crippen molar-refractivity contribution in [1.82, 2.24) is 9.97 Å². The Hall–Kier alpha value is -1.75. The Bertz CT molecular complexity index is 689. The maximum absolute atomic E-state index is 6.10. The van der Waals surface area contributed by atoms with Crippen molar-refractivity contribution in [2.45, 2.75) is 30.3 Å². The molecule has 1 aliphatic carbocycles. The number of aryl methyl sites for hydroxylation is 1. The van der Waals surface area contributed by atoms with E-state index in [4.69, 9.17) is 14.7 Å². The molecular weight excluding hydrogens is 282 g/mol. The van der Waals surface area contributed by atoms with Crippen LogP contribution in [0.25, 0.3) is 0 Å². The minimum Gasteiger partial charge on any atom is -0.480 e. The number of ether oxygens (including phenoxy) is 1. The first-order valence-corrected chi connectivity index (χ1v) is 8.29. The monoisotopic (exact) mass is 299 g/mol. The third-order valence-electron chi connectivity index (χ3n) is 3.98. The minimum absolute atomic E-state index is 0.0668. The Labute approximate surface area is 128 Å². The van der Waals surface area contributed by atoms with Gasteiger partial charge >= 0.3 is 0 Å². The first kappa shape index (κ1) is 13.0. The summed E-state index contributed by atoms with van der Waals surface area (Å²) in [5.74, 6) is 3.58. The van der Waals surface area contributed by atoms with E-state index in [9.17, 15) is 0 Å². The minimum atomic E-state index is -0.0668. The van der Waals surface area contributed by atoms with Gasteiger partial charge in [0.1, 0.15) is 11.6 Å². The molecule has 108 valence electrons. The van der Waals surface area contributed by atoms with Crippen LogP contribution in [0.2, 0.25) is 0 Å². The summed E-state index contributed by atoms with van der Waals surface area (Å²) in [5.41, 5.74) is 2.47. The van der Waals surface area contributed by atoms with Crippen LogP contribution in [-0.4, -0.2) is 22.8 Å². The summed E-state index contributed by atoms with van der Waals surface area (Å²) in [6.45, 7) is 0. The third kappa shape index (κ3) is 2.25. The number of nitrogens with one attached hydrogen (secondary N) is 1. The number of benzene rings is 1. The number of aromatic nitrogens is 2. The zero-order valence-electron chi connectivity index (χ0n) is 11.9. The summed E-state index contributed by atoms with van der Waals surface area (Å²) < 4.78 is 6.10. The molecule has 0 saturated carbocycles. The fourth-order valence-electron chi connectivity index (χ4n) is 2.95. The Morgan fingerprint density at radius 1 is 1.24 bits per heavy atom. The van der Waals surface area contributed by atoms with E-state index in [0.717, 1.165) is 36.0 Å². The van der Waals surface area contributed by atoms with Crippen molar-refractivity contribution < 1.29 is 4.74 Å². The van der Waals surface area contributed by atoms with Gasteiger partial charge in [-0.3, -0.25) is 0 Å². The number of anilines is 1. The predicted molar refractivity (Wildman–Crippen MR) is 84.1 cm³/mol. The van der Waals surface area contributed by atoms with Gasteiger partial charge in [-0.2, -0.15) is 0 Å². The van der Waals surface area contributed by atoms with Gasteiger partial charge < -0.3 is 10.1 Å². The van der Waals surface area contributed by atoms with E-state index in [2.05, 4.69) is 11.4 Å². The molecule has 0 bridgehead atoms. The smallest absolute Gasteiger partial charge is 0.172 e. The topological polar surface area (TPSA) is 47.0 Å². The lowest BCUT2D eigenvalue weighted by Crippen LogP contribution is -2.19. The SMILES string of the molecule is CNc1nc(C2CSc3ccccc3O2)nc2c1CCC2. The van der Waals surface area contributed by atoms with Crippen molar-refractivity contribution in [3.63, 3.8) is 0 Å². The second-order valence-electron chi connectivity index (χ2n) is 5.32. The average Bonchev–Trinajstić information content (AvgIpc) is 3.02. The lowest BCUT2D eigenvalue weighted by Gasteiger charge is -2.25. The van der Waals surface area contributed by atoms with E-state index in [1.165, 1.54) is 22.6 Å². The Morgan fingerprint density at radius 3 is 3.05 bits per heavy atom. The second-order valence-corrected chi connectivity index (χ2v) is 6.39. The van der Waals surface area contributed by atoms with Crippen molar-refractivity contribution in [2.75, 3.05) is 18.1 Å². The molecule has 4 rings (SSSR count). The van der Waals surface area contributed by atoms with Crippen LogP contribution in [0, 0.1) is 0 Å². The number of thioether (sulfide) groups is 1. The van der Waals surface area contributed by atoms with E-state index >= 15 is 0 Å². The highest BCUT2D eigenvalue weighted by atomic mass is 32.2. The van der Waals surface area contributed by atoms with Crippen LogP contribution < -0.4 is 10.1 Å². The number of hydrogen-bond donors (Lipinski definition) is 1. The third-order valence-corrected chi connectivity index (χ3v) is 5.10. The van der Waals surface area contributed by atoms with Crippen molar-refractivity contribution in [2.24, 2.45) is 0 Å². The molecule has 2 aromatic rings. The summed E-state index contributed by atoms with van der Waals surface area (Å²) in [6, 6.07) is 8.16. The molecule has 2 heterocycles. The van der Waals surface area contributed by atoms with Crippen LogP contribution >= 0.6 is 11.8 Å². The van der Waals surface area contributed by atoms with Gasteiger partial charge in [0, 0.05) is 29.0 Å². The van der Waals surface area contributed by atoms with E-state index in [1.807, 2.05) is 37.0 Å². The molecule has 5 heteroatoms. The molecule has 2 aliphatic rings. The average molecular weight is 299 g/mol. The molecular formula is C16H17N3OS. The largest absolute Gasteiger partial charge is 0.480 e. The molecule has 0 fully saturated rings. The summed E-state index contributed by atoms with van der Waals surface area (Å²) in [4.78, 5) is 10.7. The summed E-state index contributed by atoms with van der Waals surface area (Å²) in [7, 11) is 1.93. The van der Waals surface area contributed by atoms with Crippen molar-refractivity contribution in [1.29, 1.82) is 0 Å². The van der Waals surface area contributed by atoms with Gasteiger partial charge in [0.25, 0.3) is 0 Å². The highest BCUT2D eigenvalue weighted by Crippen LogP contribution is 2.40. The number of fused-ring (bicyclic) bond motifs is 2. The fourth-order valence-corrected chi connectivity index (χ4v) is 3.93. The van der Waals surface area contributed by atoms with Gasteiger partial charge in [-0.1, -0.05) is 12.1 Å². The first-order chi connectivity index (χ1) is 10.3. The fraction of sp³-hybridized carbons (Fsp3) is 0.375. The quantitative estimate of drug-likeness (QED) is 0.922. The molecule has 1 aromatic carbocycles. The number of hydrogen-bond acceptors (Lipinski definition) is 5. The molecule has 0 amide bonds. The lowest BCUT2D eigenvalue weighted by atomic mass is 10.2. The molecule has 1 aromatic heterocycles. The van der Waals surface area contributed by atoms with Gasteiger partial charge in [-0.15, -0.1) is 11.8 Å². The number of rotatable bonds is 2. The summed E-state index contributed by atoms with van der Waals surface area (Å²) >= 11 is 1.81. The maximum atomic E-state index is 6.10. The highest BCUT2D eigenvalue weighted by Gasteiger charge is 2.27. The summed E-state index contributed by atoms with van der Waals surface area (Å²) in [6.07, 6.45) is 3.23. The predicted octanol–water partition coefficient (Wildman–Crippen LogP) is 3.23. The zero-order chi connectivity index (χ0) is 14.2. The second kappa shape index (κ2) is 5.22. The zero-order valence-corrected chi connectivity index (χ0v) is 12.7. The normalized spacial score (nSPS) is 19.6. The molecule has 1 N–H and O–H groups in total. The summed E-state index contributed by atoms with van der Waals surface area (Å²) in [5, 5.41) is 3.21. The first-order valence-electron chi connectivity index (χ1n) is 7.31. The van der Waals surface area contributed by atoms with Crippen LogP contribution in [0.1, 0.15) is 29.6 Å². The van der Waals surface area contributed by atoms with Gasteiger partial charge in [0.05, 0.1) is 0 Å². The molecule has 1 unspecified atom stereocenters. The van der Waals surface area contributed by atoms with Crippen LogP contribution in [0.4, 0.5) is 5.82 Å². The van der Waals surface area contributed by atoms with Crippen LogP contribution in [0.3, 0.4) is 0 Å². The van der Waals surface area contributed by atoms with Gasteiger partial charge in [-0.05, 0) is 31.4 Å². The molecule has 0 radical (unpaired) electrons. The van der Waals surface area contributed by atoms with Gasteiger partial charge in [0.2, 0.25) is 0 Å². The van der Waals surface area contributed by atoms with Crippen LogP contribution in [0.15, 0.2) is 29.2 Å². The van der Waals surface area contributed by atoms with Gasteiger partial charge in [-0.25, -0.2) is 9.97 Å². The molecule has 1 aliphatic heterocycles. The van der Waals surface area contributed by atoms with E-state index in [-0.39, 0.29) is 6.10 Å². The molecule has 21 heavy (non-hydrogen) atoms. The Morgan fingerprint density at radius 2 is 2.14 bits per heavy atom. The standard InChI is InChI=1S/C16H17N3OS/c1-17-15-10-5-4-6-11(10)18-16(19-15)13-9-21-14-8-3-2-7-12(14)20-13/h2-3,7-8,13H,4-6,9H2,1H3,(H,17,18,19). The van der Waals surface area contributed by atoms with E-state index < -0.39 is 0 Å². The molecule has 4 nitrogen and oxygen atoms in total. The number of nitrogens with zero attached hydrogens (tertiary/aromatic N) is 2. The van der Waals surface area contributed by atoms with E-state index in [1.54, 1.807) is 0 Å². The van der Waals surface area contributed by atoms with Gasteiger partial charge in [0.15, 0.2) is 11.9 Å². The van der Waals surface area contributed by atoms with Crippen molar-refractivity contribution in [3.05, 3.63) is 41.3 Å². The highest BCUT2D eigenvalue weighted by molar-refractivity contribution is 7.99. The van der Waals surface area contributed by atoms with Crippen molar-refractivity contribution >= 4 is 17.6 Å². The maximum Gasteiger partial charge on any atom is 0.172 e. The van der Waals surface area contributed by atoms with Crippen LogP contribution in [0.5, 0.6) is 5.75 Å².